The van der Waals surface area contributed by atoms with Crippen LogP contribution >= 0.6 is 0 Å². The summed E-state index contributed by atoms with van der Waals surface area (Å²) in [5, 5.41) is 9.63. The van der Waals surface area contributed by atoms with Crippen LogP contribution < -0.4 is 0 Å². The Bertz CT molecular complexity index is 926. The third-order valence-corrected chi connectivity index (χ3v) is 8.16. The zero-order valence-electron chi connectivity index (χ0n) is 17.0. The van der Waals surface area contributed by atoms with Crippen LogP contribution in [0.2, 0.25) is 0 Å². The maximum absolute atomic E-state index is 12.7. The minimum atomic E-state index is -3.53. The van der Waals surface area contributed by atoms with Crippen LogP contribution in [0.25, 0.3) is 11.1 Å². The van der Waals surface area contributed by atoms with Gasteiger partial charge in [0, 0.05) is 25.7 Å². The number of likely N-dealkylation sites (tertiary alicyclic amines) is 1. The third-order valence-electron chi connectivity index (χ3n) is 6.28. The van der Waals surface area contributed by atoms with E-state index in [1.807, 2.05) is 12.1 Å². The van der Waals surface area contributed by atoms with Gasteiger partial charge >= 0.3 is 0 Å². The summed E-state index contributed by atoms with van der Waals surface area (Å²) in [7, 11) is -3.53. The molecule has 0 unspecified atom stereocenters. The summed E-state index contributed by atoms with van der Waals surface area (Å²) >= 11 is 0. The predicted molar refractivity (Wildman–Crippen MR) is 115 cm³/mol. The number of aliphatic hydroxyl groups excluding tert-OH is 1. The minimum absolute atomic E-state index is 0.182. The Labute approximate surface area is 174 Å². The summed E-state index contributed by atoms with van der Waals surface area (Å²) in [6, 6.07) is 16.3. The lowest BCUT2D eigenvalue weighted by molar-refractivity contribution is 0.189. The van der Waals surface area contributed by atoms with Gasteiger partial charge in [-0.3, -0.25) is 0 Å². The quantitative estimate of drug-likeness (QED) is 0.789. The van der Waals surface area contributed by atoms with Crippen LogP contribution in [0, 0.1) is 0 Å². The largest absolute Gasteiger partial charge is 0.392 e. The number of β-amino-alcohol motifs (C(OH)–C–C–N with tert-alkyl or cyclic N) is 1. The Morgan fingerprint density at radius 1 is 0.966 bits per heavy atom. The molecule has 2 aromatic rings. The number of benzene rings is 2. The maximum Gasteiger partial charge on any atom is 0.243 e. The van der Waals surface area contributed by atoms with Gasteiger partial charge in [0.1, 0.15) is 0 Å². The number of sulfonamides is 1. The first-order valence-corrected chi connectivity index (χ1v) is 12.0. The van der Waals surface area contributed by atoms with E-state index < -0.39 is 16.1 Å². The molecular weight excluding hydrogens is 384 g/mol. The second-order valence-electron chi connectivity index (χ2n) is 8.30. The van der Waals surface area contributed by atoms with Gasteiger partial charge in [-0.25, -0.2) is 8.42 Å². The van der Waals surface area contributed by atoms with Gasteiger partial charge in [0.2, 0.25) is 10.0 Å². The summed E-state index contributed by atoms with van der Waals surface area (Å²) < 4.78 is 26.7. The molecule has 0 amide bonds. The first-order valence-electron chi connectivity index (χ1n) is 10.5. The molecule has 2 heterocycles. The fourth-order valence-electron chi connectivity index (χ4n) is 4.36. The van der Waals surface area contributed by atoms with Gasteiger partial charge in [-0.2, -0.15) is 4.31 Å². The van der Waals surface area contributed by atoms with Crippen LogP contribution in [0.5, 0.6) is 0 Å². The molecule has 0 saturated carbocycles. The van der Waals surface area contributed by atoms with E-state index in [0.29, 0.717) is 19.0 Å². The first-order chi connectivity index (χ1) is 13.9. The van der Waals surface area contributed by atoms with Crippen molar-refractivity contribution >= 4 is 10.0 Å². The minimum Gasteiger partial charge on any atom is -0.392 e. The van der Waals surface area contributed by atoms with E-state index in [0.717, 1.165) is 24.1 Å². The average molecular weight is 415 g/mol. The highest BCUT2D eigenvalue weighted by molar-refractivity contribution is 7.89. The molecule has 2 aliphatic rings. The number of nitrogens with zero attached hydrogens (tertiary/aromatic N) is 2. The van der Waals surface area contributed by atoms with Crippen molar-refractivity contribution in [1.82, 2.24) is 9.21 Å². The average Bonchev–Trinajstić information content (AvgIpc) is 3.35. The molecule has 5 nitrogen and oxygen atoms in total. The number of hydrogen-bond donors (Lipinski definition) is 1. The van der Waals surface area contributed by atoms with E-state index in [1.165, 1.54) is 29.3 Å². The van der Waals surface area contributed by atoms with Crippen LogP contribution in [0.15, 0.2) is 53.4 Å². The Morgan fingerprint density at radius 3 is 2.17 bits per heavy atom. The Morgan fingerprint density at radius 2 is 1.62 bits per heavy atom. The van der Waals surface area contributed by atoms with Crippen LogP contribution in [0.3, 0.4) is 0 Å². The summed E-state index contributed by atoms with van der Waals surface area (Å²) in [6.07, 6.45) is 3.62. The van der Waals surface area contributed by atoms with Gasteiger partial charge < -0.3 is 10.0 Å². The molecule has 29 heavy (non-hydrogen) atoms. The summed E-state index contributed by atoms with van der Waals surface area (Å²) in [5.74, 6) is 0. The van der Waals surface area contributed by atoms with Crippen molar-refractivity contribution in [2.75, 3.05) is 26.2 Å². The summed E-state index contributed by atoms with van der Waals surface area (Å²) in [4.78, 5) is 2.85. The Hall–Kier alpha value is -1.73. The standard InChI is InChI=1S/C23H30N2O3S/c1-18-3-2-14-24(18)15-12-19-4-6-20(7-5-19)21-8-10-23(11-9-21)29(27,28)25-16-13-22(26)17-25/h4-11,18,22,26H,2-3,12-17H2,1H3/t18-,22-/m1/s1. The Kier molecular flexibility index (Phi) is 6.06. The molecule has 4 rings (SSSR count). The molecule has 2 saturated heterocycles. The fourth-order valence-corrected chi connectivity index (χ4v) is 5.85. The van der Waals surface area contributed by atoms with E-state index in [1.54, 1.807) is 12.1 Å². The van der Waals surface area contributed by atoms with Crippen molar-refractivity contribution in [1.29, 1.82) is 0 Å². The monoisotopic (exact) mass is 414 g/mol. The van der Waals surface area contributed by atoms with Gasteiger partial charge in [0.15, 0.2) is 0 Å². The molecule has 0 bridgehead atoms. The highest BCUT2D eigenvalue weighted by Crippen LogP contribution is 2.25. The SMILES string of the molecule is C[C@@H]1CCCN1CCc1ccc(-c2ccc(S(=O)(=O)N3CC[C@@H](O)C3)cc2)cc1. The number of hydrogen-bond acceptors (Lipinski definition) is 4. The van der Waals surface area contributed by atoms with Gasteiger partial charge in [0.25, 0.3) is 0 Å². The van der Waals surface area contributed by atoms with Gasteiger partial charge in [-0.05, 0) is 68.0 Å². The zero-order chi connectivity index (χ0) is 20.4. The van der Waals surface area contributed by atoms with E-state index in [2.05, 4.69) is 36.1 Å². The zero-order valence-corrected chi connectivity index (χ0v) is 17.8. The fraction of sp³-hybridized carbons (Fsp3) is 0.478. The summed E-state index contributed by atoms with van der Waals surface area (Å²) in [5.41, 5.74) is 3.42. The van der Waals surface area contributed by atoms with Crippen LogP contribution in [0.1, 0.15) is 31.7 Å². The third kappa shape index (κ3) is 4.56. The highest BCUT2D eigenvalue weighted by atomic mass is 32.2. The molecule has 2 aliphatic heterocycles. The van der Waals surface area contributed by atoms with Crippen LogP contribution in [0.4, 0.5) is 0 Å². The van der Waals surface area contributed by atoms with Gasteiger partial charge in [0.05, 0.1) is 11.0 Å². The predicted octanol–water partition coefficient (Wildman–Crippen LogP) is 3.14. The number of aliphatic hydroxyl groups is 1. The van der Waals surface area contributed by atoms with Crippen molar-refractivity contribution in [3.05, 3.63) is 54.1 Å². The smallest absolute Gasteiger partial charge is 0.243 e. The first kappa shape index (κ1) is 20.5. The van der Waals surface area contributed by atoms with Crippen molar-refractivity contribution in [3.8, 4) is 11.1 Å². The molecule has 6 heteroatoms. The molecule has 156 valence electrons. The van der Waals surface area contributed by atoms with E-state index >= 15 is 0 Å². The second-order valence-corrected chi connectivity index (χ2v) is 10.2. The maximum atomic E-state index is 12.7. The lowest BCUT2D eigenvalue weighted by Gasteiger charge is -2.20. The molecule has 0 aromatic heterocycles. The van der Waals surface area contributed by atoms with E-state index in [4.69, 9.17) is 0 Å². The lowest BCUT2D eigenvalue weighted by Crippen LogP contribution is -2.29. The van der Waals surface area contributed by atoms with Gasteiger partial charge in [-0.1, -0.05) is 36.4 Å². The Balaban J connectivity index is 1.41. The molecule has 2 aromatic carbocycles. The van der Waals surface area contributed by atoms with Crippen molar-refractivity contribution < 1.29 is 13.5 Å². The normalized spacial score (nSPS) is 23.7. The van der Waals surface area contributed by atoms with Crippen LogP contribution in [-0.4, -0.2) is 61.1 Å². The molecule has 0 spiro atoms. The van der Waals surface area contributed by atoms with E-state index in [-0.39, 0.29) is 11.4 Å². The highest BCUT2D eigenvalue weighted by Gasteiger charge is 2.31. The lowest BCUT2D eigenvalue weighted by atomic mass is 10.0. The molecule has 2 fully saturated rings. The molecule has 0 aliphatic carbocycles. The van der Waals surface area contributed by atoms with Crippen molar-refractivity contribution in [3.63, 3.8) is 0 Å². The van der Waals surface area contributed by atoms with Crippen molar-refractivity contribution in [2.45, 2.75) is 49.6 Å². The number of rotatable bonds is 6. The van der Waals surface area contributed by atoms with Crippen LogP contribution in [-0.2, 0) is 16.4 Å². The van der Waals surface area contributed by atoms with Gasteiger partial charge in [-0.15, -0.1) is 0 Å². The molecule has 1 N–H and O–H groups in total. The second kappa shape index (κ2) is 8.56. The summed E-state index contributed by atoms with van der Waals surface area (Å²) in [6.45, 7) is 5.19. The van der Waals surface area contributed by atoms with Crippen molar-refractivity contribution in [2.24, 2.45) is 0 Å². The molecular formula is C23H30N2O3S. The molecule has 2 atom stereocenters. The molecule has 0 radical (unpaired) electrons. The topological polar surface area (TPSA) is 60.9 Å². The van der Waals surface area contributed by atoms with E-state index in [9.17, 15) is 13.5 Å².